The zero-order valence-electron chi connectivity index (χ0n) is 8.31. The maximum absolute atomic E-state index is 12.1. The number of thiol groups is 1. The van der Waals surface area contributed by atoms with E-state index in [0.717, 1.165) is 4.90 Å². The molecule has 0 unspecified atom stereocenters. The molecule has 0 saturated heterocycles. The lowest BCUT2D eigenvalue weighted by molar-refractivity contribution is 0.659. The van der Waals surface area contributed by atoms with Gasteiger partial charge in [-0.15, -0.1) is 12.6 Å². The lowest BCUT2D eigenvalue weighted by atomic mass is 10.1. The van der Waals surface area contributed by atoms with Crippen LogP contribution in [0.4, 0.5) is 0 Å². The van der Waals surface area contributed by atoms with Gasteiger partial charge in [-0.1, -0.05) is 12.1 Å². The Morgan fingerprint density at radius 2 is 1.69 bits per heavy atom. The van der Waals surface area contributed by atoms with E-state index < -0.39 is 0 Å². The highest BCUT2D eigenvalue weighted by Crippen LogP contribution is 2.20. The molecule has 78 valence electrons. The summed E-state index contributed by atoms with van der Waals surface area (Å²) in [7, 11) is 0. The molecule has 16 heavy (non-hydrogen) atoms. The Morgan fingerprint density at radius 3 is 2.56 bits per heavy atom. The van der Waals surface area contributed by atoms with E-state index in [9.17, 15) is 4.79 Å². The number of hydrogen-bond acceptors (Lipinski definition) is 3. The van der Waals surface area contributed by atoms with E-state index in [-0.39, 0.29) is 5.43 Å². The predicted octanol–water partition coefficient (Wildman–Crippen LogP) is 3.23. The molecule has 0 aliphatic carbocycles. The molecule has 0 amide bonds. The van der Waals surface area contributed by atoms with Crippen molar-refractivity contribution in [1.29, 1.82) is 0 Å². The van der Waals surface area contributed by atoms with Crippen LogP contribution in [-0.4, -0.2) is 0 Å². The van der Waals surface area contributed by atoms with Crippen molar-refractivity contribution in [1.82, 2.24) is 0 Å². The van der Waals surface area contributed by atoms with Gasteiger partial charge < -0.3 is 4.42 Å². The summed E-state index contributed by atoms with van der Waals surface area (Å²) in [6.45, 7) is 0. The highest BCUT2D eigenvalue weighted by Gasteiger charge is 2.06. The summed E-state index contributed by atoms with van der Waals surface area (Å²) in [4.78, 5) is 12.9. The normalized spacial score (nSPS) is 11.1. The van der Waals surface area contributed by atoms with Gasteiger partial charge in [-0.05, 0) is 30.3 Å². The van der Waals surface area contributed by atoms with Gasteiger partial charge in [-0.25, -0.2) is 0 Å². The molecule has 3 aromatic rings. The van der Waals surface area contributed by atoms with Crippen LogP contribution in [-0.2, 0) is 0 Å². The average molecular weight is 228 g/mol. The molecule has 0 N–H and O–H groups in total. The molecule has 2 nitrogen and oxygen atoms in total. The molecule has 0 aliphatic rings. The molecule has 2 aromatic carbocycles. The van der Waals surface area contributed by atoms with E-state index in [1.807, 2.05) is 18.2 Å². The fourth-order valence-corrected chi connectivity index (χ4v) is 1.99. The van der Waals surface area contributed by atoms with Crippen LogP contribution in [0.2, 0.25) is 0 Å². The Labute approximate surface area is 96.9 Å². The standard InChI is InChI=1S/C13H8O2S/c14-13-9-3-1-2-4-11(9)15-12-6-5-8(16)7-10(12)13/h1-7,16H. The van der Waals surface area contributed by atoms with Crippen LogP contribution in [0.5, 0.6) is 0 Å². The minimum Gasteiger partial charge on any atom is -0.456 e. The highest BCUT2D eigenvalue weighted by molar-refractivity contribution is 7.80. The van der Waals surface area contributed by atoms with Gasteiger partial charge in [-0.2, -0.15) is 0 Å². The number of rotatable bonds is 0. The van der Waals surface area contributed by atoms with E-state index in [1.165, 1.54) is 0 Å². The summed E-state index contributed by atoms with van der Waals surface area (Å²) in [5.41, 5.74) is 1.21. The molecule has 0 saturated carbocycles. The van der Waals surface area contributed by atoms with Gasteiger partial charge in [0, 0.05) is 4.90 Å². The molecule has 1 aromatic heterocycles. The largest absolute Gasteiger partial charge is 0.456 e. The summed E-state index contributed by atoms with van der Waals surface area (Å²) in [5, 5.41) is 1.18. The number of para-hydroxylation sites is 1. The topological polar surface area (TPSA) is 30.2 Å². The lowest BCUT2D eigenvalue weighted by Gasteiger charge is -2.01. The maximum Gasteiger partial charge on any atom is 0.200 e. The first-order valence-electron chi connectivity index (χ1n) is 4.90. The van der Waals surface area contributed by atoms with E-state index >= 15 is 0 Å². The third kappa shape index (κ3) is 1.32. The maximum atomic E-state index is 12.1. The van der Waals surface area contributed by atoms with Crippen LogP contribution < -0.4 is 5.43 Å². The van der Waals surface area contributed by atoms with Crippen LogP contribution in [0.1, 0.15) is 0 Å². The van der Waals surface area contributed by atoms with E-state index in [4.69, 9.17) is 4.42 Å². The van der Waals surface area contributed by atoms with E-state index in [1.54, 1.807) is 24.3 Å². The average Bonchev–Trinajstić information content (AvgIpc) is 2.31. The lowest BCUT2D eigenvalue weighted by Crippen LogP contribution is -2.01. The molecule has 1 heterocycles. The fourth-order valence-electron chi connectivity index (χ4n) is 1.79. The van der Waals surface area contributed by atoms with Gasteiger partial charge in [0.2, 0.25) is 5.43 Å². The van der Waals surface area contributed by atoms with Crippen molar-refractivity contribution in [3.05, 3.63) is 52.7 Å². The molecule has 0 atom stereocenters. The Bertz CT molecular complexity index is 744. The smallest absolute Gasteiger partial charge is 0.200 e. The number of fused-ring (bicyclic) bond motifs is 2. The predicted molar refractivity (Wildman–Crippen MR) is 67.2 cm³/mol. The minimum atomic E-state index is -0.00671. The first-order chi connectivity index (χ1) is 7.75. The quantitative estimate of drug-likeness (QED) is 0.473. The summed E-state index contributed by atoms with van der Waals surface area (Å²) in [5.74, 6) is 0. The molecule has 0 bridgehead atoms. The van der Waals surface area contributed by atoms with Gasteiger partial charge in [0.25, 0.3) is 0 Å². The summed E-state index contributed by atoms with van der Waals surface area (Å²) in [6.07, 6.45) is 0. The second-order valence-electron chi connectivity index (χ2n) is 3.61. The summed E-state index contributed by atoms with van der Waals surface area (Å²) in [6, 6.07) is 12.6. The molecule has 0 fully saturated rings. The van der Waals surface area contributed by atoms with E-state index in [2.05, 4.69) is 12.6 Å². The SMILES string of the molecule is O=c1c2ccccc2oc2ccc(S)cc12. The zero-order chi connectivity index (χ0) is 11.1. The van der Waals surface area contributed by atoms with Crippen LogP contribution in [0.25, 0.3) is 21.9 Å². The van der Waals surface area contributed by atoms with Crippen LogP contribution in [0.15, 0.2) is 56.6 Å². The van der Waals surface area contributed by atoms with Crippen LogP contribution in [0.3, 0.4) is 0 Å². The molecular weight excluding hydrogens is 220 g/mol. The van der Waals surface area contributed by atoms with Gasteiger partial charge in [-0.3, -0.25) is 4.79 Å². The molecule has 0 spiro atoms. The minimum absolute atomic E-state index is 0.00671. The third-order valence-corrected chi connectivity index (χ3v) is 2.84. The third-order valence-electron chi connectivity index (χ3n) is 2.56. The monoisotopic (exact) mass is 228 g/mol. The van der Waals surface area contributed by atoms with Gasteiger partial charge in [0.15, 0.2) is 0 Å². The van der Waals surface area contributed by atoms with Crippen LogP contribution in [0, 0.1) is 0 Å². The second kappa shape index (κ2) is 3.39. The van der Waals surface area contributed by atoms with Crippen molar-refractivity contribution >= 4 is 34.6 Å². The van der Waals surface area contributed by atoms with Crippen molar-refractivity contribution in [2.75, 3.05) is 0 Å². The Hall–Kier alpha value is -1.74. The van der Waals surface area contributed by atoms with Crippen molar-refractivity contribution in [3.8, 4) is 0 Å². The Morgan fingerprint density at radius 1 is 0.938 bits per heavy atom. The molecule has 3 heteroatoms. The van der Waals surface area contributed by atoms with E-state index in [0.29, 0.717) is 21.9 Å². The van der Waals surface area contributed by atoms with Crippen molar-refractivity contribution in [2.24, 2.45) is 0 Å². The molecule has 0 radical (unpaired) electrons. The molecular formula is C13H8O2S. The highest BCUT2D eigenvalue weighted by atomic mass is 32.1. The van der Waals surface area contributed by atoms with Gasteiger partial charge in [0.1, 0.15) is 11.2 Å². The van der Waals surface area contributed by atoms with Gasteiger partial charge >= 0.3 is 0 Å². The van der Waals surface area contributed by atoms with Crippen molar-refractivity contribution in [3.63, 3.8) is 0 Å². The zero-order valence-corrected chi connectivity index (χ0v) is 9.20. The Balaban J connectivity index is 2.61. The number of hydrogen-bond donors (Lipinski definition) is 1. The summed E-state index contributed by atoms with van der Waals surface area (Å²) >= 11 is 4.22. The molecule has 0 aliphatic heterocycles. The first-order valence-corrected chi connectivity index (χ1v) is 5.35. The number of benzene rings is 2. The van der Waals surface area contributed by atoms with Crippen molar-refractivity contribution < 1.29 is 4.42 Å². The molecule has 3 rings (SSSR count). The Kier molecular flexibility index (Phi) is 2.01. The summed E-state index contributed by atoms with van der Waals surface area (Å²) < 4.78 is 5.65. The van der Waals surface area contributed by atoms with Gasteiger partial charge in [0.05, 0.1) is 10.8 Å². The fraction of sp³-hybridized carbons (Fsp3) is 0. The first kappa shape index (κ1) is 9.48. The van der Waals surface area contributed by atoms with Crippen LogP contribution >= 0.6 is 12.6 Å². The van der Waals surface area contributed by atoms with Crippen molar-refractivity contribution in [2.45, 2.75) is 4.90 Å². The second-order valence-corrected chi connectivity index (χ2v) is 4.12.